The third-order valence-electron chi connectivity index (χ3n) is 6.42. The van der Waals surface area contributed by atoms with Gasteiger partial charge in [-0.05, 0) is 80.2 Å². The second kappa shape index (κ2) is 9.38. The largest absolute Gasteiger partial charge is 0.467 e. The molecular formula is C27H26N4O3S. The van der Waals surface area contributed by atoms with Gasteiger partial charge < -0.3 is 23.9 Å². The predicted molar refractivity (Wildman–Crippen MR) is 136 cm³/mol. The number of esters is 1. The van der Waals surface area contributed by atoms with Crippen LogP contribution in [0.25, 0.3) is 5.69 Å². The minimum Gasteiger partial charge on any atom is -0.467 e. The number of rotatable bonds is 6. The third-order valence-corrected chi connectivity index (χ3v) is 6.77. The Morgan fingerprint density at radius 3 is 2.71 bits per heavy atom. The zero-order valence-electron chi connectivity index (χ0n) is 19.8. The number of nitrogens with one attached hydrogen (secondary N) is 1. The van der Waals surface area contributed by atoms with E-state index >= 15 is 0 Å². The van der Waals surface area contributed by atoms with Gasteiger partial charge in [-0.1, -0.05) is 12.1 Å². The van der Waals surface area contributed by atoms with E-state index in [1.807, 2.05) is 48.5 Å². The minimum atomic E-state index is -0.361. The first-order valence-corrected chi connectivity index (χ1v) is 11.8. The standard InChI is InChI=1S/C27H26N4O3S/c1-17-14-22(18(2)31(17)20-9-6-8-19(15-20)26(32)33-3)25-24(23-11-4-5-12-28-23)29-27(35)30(25)16-21-10-7-13-34-21/h4-15,24-25H,16H2,1-3H3,(H,29,35)/t24-,25+/m1/s1. The first kappa shape index (κ1) is 22.9. The van der Waals surface area contributed by atoms with Crippen molar-refractivity contribution in [1.29, 1.82) is 0 Å². The number of ether oxygens (including phenoxy) is 1. The highest BCUT2D eigenvalue weighted by atomic mass is 32.1. The highest BCUT2D eigenvalue weighted by Gasteiger charge is 2.41. The molecule has 5 rings (SSSR count). The van der Waals surface area contributed by atoms with Crippen LogP contribution in [-0.4, -0.2) is 32.6 Å². The monoisotopic (exact) mass is 486 g/mol. The summed E-state index contributed by atoms with van der Waals surface area (Å²) in [6, 6.07) is 19.2. The maximum atomic E-state index is 12.1. The average molecular weight is 487 g/mol. The fourth-order valence-electron chi connectivity index (χ4n) is 4.86. The molecule has 0 bridgehead atoms. The molecule has 4 aromatic rings. The van der Waals surface area contributed by atoms with Gasteiger partial charge in [0.1, 0.15) is 5.76 Å². The normalized spacial score (nSPS) is 17.5. The maximum absolute atomic E-state index is 12.1. The predicted octanol–water partition coefficient (Wildman–Crippen LogP) is 5.04. The SMILES string of the molecule is COC(=O)c1cccc(-n2c(C)cc([C@H]3[C@@H](c4ccccn4)NC(=S)N3Cc3ccco3)c2C)c1. The van der Waals surface area contributed by atoms with E-state index in [4.69, 9.17) is 21.4 Å². The van der Waals surface area contributed by atoms with Crippen LogP contribution in [0.2, 0.25) is 0 Å². The van der Waals surface area contributed by atoms with Crippen molar-refractivity contribution in [3.05, 3.63) is 107 Å². The number of furan rings is 1. The number of carbonyl (C=O) groups excluding carboxylic acids is 1. The van der Waals surface area contributed by atoms with Crippen LogP contribution in [0, 0.1) is 13.8 Å². The van der Waals surface area contributed by atoms with Gasteiger partial charge in [0, 0.05) is 23.3 Å². The number of pyridine rings is 1. The number of methoxy groups -OCH3 is 1. The lowest BCUT2D eigenvalue weighted by molar-refractivity contribution is 0.0600. The lowest BCUT2D eigenvalue weighted by atomic mass is 9.96. The molecule has 35 heavy (non-hydrogen) atoms. The summed E-state index contributed by atoms with van der Waals surface area (Å²) in [4.78, 5) is 18.9. The van der Waals surface area contributed by atoms with Gasteiger partial charge in [0.05, 0.1) is 43.3 Å². The van der Waals surface area contributed by atoms with E-state index in [0.717, 1.165) is 34.1 Å². The fourth-order valence-corrected chi connectivity index (χ4v) is 5.16. The number of hydrogen-bond acceptors (Lipinski definition) is 5. The zero-order valence-corrected chi connectivity index (χ0v) is 20.6. The smallest absolute Gasteiger partial charge is 0.337 e. The van der Waals surface area contributed by atoms with Gasteiger partial charge in [-0.15, -0.1) is 0 Å². The number of benzene rings is 1. The Balaban J connectivity index is 1.61. The van der Waals surface area contributed by atoms with Gasteiger partial charge in [0.25, 0.3) is 0 Å². The van der Waals surface area contributed by atoms with E-state index in [1.54, 1.807) is 18.5 Å². The summed E-state index contributed by atoms with van der Waals surface area (Å²) in [5, 5.41) is 4.14. The third kappa shape index (κ3) is 4.21. The van der Waals surface area contributed by atoms with Crippen LogP contribution in [0.4, 0.5) is 0 Å². The van der Waals surface area contributed by atoms with Crippen molar-refractivity contribution in [2.75, 3.05) is 7.11 Å². The van der Waals surface area contributed by atoms with Crippen LogP contribution in [0.15, 0.2) is 77.5 Å². The minimum absolute atomic E-state index is 0.105. The Morgan fingerprint density at radius 2 is 2.00 bits per heavy atom. The molecule has 0 amide bonds. The molecule has 0 radical (unpaired) electrons. The Bertz CT molecular complexity index is 1360. The van der Waals surface area contributed by atoms with Crippen molar-refractivity contribution < 1.29 is 13.9 Å². The first-order valence-electron chi connectivity index (χ1n) is 11.4. The van der Waals surface area contributed by atoms with Crippen LogP contribution in [0.3, 0.4) is 0 Å². The molecule has 3 aromatic heterocycles. The first-order chi connectivity index (χ1) is 17.0. The average Bonchev–Trinajstić information content (AvgIpc) is 3.58. The molecule has 2 atom stereocenters. The zero-order chi connectivity index (χ0) is 24.5. The quantitative estimate of drug-likeness (QED) is 0.302. The molecule has 1 aromatic carbocycles. The van der Waals surface area contributed by atoms with Crippen LogP contribution in [-0.2, 0) is 11.3 Å². The Morgan fingerprint density at radius 1 is 1.14 bits per heavy atom. The molecule has 1 fully saturated rings. The van der Waals surface area contributed by atoms with Crippen molar-refractivity contribution in [2.24, 2.45) is 0 Å². The van der Waals surface area contributed by atoms with Crippen molar-refractivity contribution in [3.8, 4) is 5.69 Å². The molecule has 0 spiro atoms. The number of carbonyl (C=O) groups is 1. The molecule has 8 heteroatoms. The fraction of sp³-hybridized carbons (Fsp3) is 0.222. The second-order valence-corrected chi connectivity index (χ2v) is 8.92. The van der Waals surface area contributed by atoms with E-state index < -0.39 is 0 Å². The van der Waals surface area contributed by atoms with Crippen LogP contribution in [0.5, 0.6) is 0 Å². The van der Waals surface area contributed by atoms with Crippen LogP contribution in [0.1, 0.15) is 50.8 Å². The maximum Gasteiger partial charge on any atom is 0.337 e. The topological polar surface area (TPSA) is 72.5 Å². The molecule has 1 aliphatic heterocycles. The summed E-state index contributed by atoms with van der Waals surface area (Å²) < 4.78 is 12.7. The van der Waals surface area contributed by atoms with E-state index in [-0.39, 0.29) is 18.1 Å². The van der Waals surface area contributed by atoms with Crippen molar-refractivity contribution in [2.45, 2.75) is 32.5 Å². The summed E-state index contributed by atoms with van der Waals surface area (Å²) >= 11 is 5.79. The summed E-state index contributed by atoms with van der Waals surface area (Å²) in [5.74, 6) is 0.472. The van der Waals surface area contributed by atoms with Crippen LogP contribution < -0.4 is 5.32 Å². The van der Waals surface area contributed by atoms with Crippen molar-refractivity contribution in [1.82, 2.24) is 19.8 Å². The molecule has 1 aliphatic rings. The molecule has 4 heterocycles. The summed E-state index contributed by atoms with van der Waals surface area (Å²) in [7, 11) is 1.39. The van der Waals surface area contributed by atoms with Crippen molar-refractivity contribution in [3.63, 3.8) is 0 Å². The molecule has 178 valence electrons. The molecule has 0 unspecified atom stereocenters. The molecule has 7 nitrogen and oxygen atoms in total. The lowest BCUT2D eigenvalue weighted by Gasteiger charge is -2.27. The van der Waals surface area contributed by atoms with E-state index in [0.29, 0.717) is 17.2 Å². The lowest BCUT2D eigenvalue weighted by Crippen LogP contribution is -2.29. The van der Waals surface area contributed by atoms with E-state index in [2.05, 4.69) is 39.7 Å². The van der Waals surface area contributed by atoms with Gasteiger partial charge in [0.15, 0.2) is 5.11 Å². The second-order valence-electron chi connectivity index (χ2n) is 8.54. The summed E-state index contributed by atoms with van der Waals surface area (Å²) in [5.41, 5.74) is 5.56. The number of aryl methyl sites for hydroxylation is 1. The molecular weight excluding hydrogens is 460 g/mol. The van der Waals surface area contributed by atoms with E-state index in [1.165, 1.54) is 7.11 Å². The van der Waals surface area contributed by atoms with Gasteiger partial charge >= 0.3 is 5.97 Å². The highest BCUT2D eigenvalue weighted by Crippen LogP contribution is 2.42. The summed E-state index contributed by atoms with van der Waals surface area (Å²) in [6.07, 6.45) is 3.47. The van der Waals surface area contributed by atoms with Gasteiger partial charge in [-0.3, -0.25) is 4.98 Å². The highest BCUT2D eigenvalue weighted by molar-refractivity contribution is 7.80. The Hall–Kier alpha value is -3.91. The number of nitrogens with zero attached hydrogens (tertiary/aromatic N) is 3. The molecule has 1 saturated heterocycles. The number of hydrogen-bond donors (Lipinski definition) is 1. The van der Waals surface area contributed by atoms with Crippen LogP contribution >= 0.6 is 12.2 Å². The summed E-state index contributed by atoms with van der Waals surface area (Å²) in [6.45, 7) is 4.69. The van der Waals surface area contributed by atoms with E-state index in [9.17, 15) is 4.79 Å². The molecule has 0 aliphatic carbocycles. The van der Waals surface area contributed by atoms with Gasteiger partial charge in [0.2, 0.25) is 0 Å². The number of thiocarbonyl (C=S) groups is 1. The van der Waals surface area contributed by atoms with Gasteiger partial charge in [-0.2, -0.15) is 0 Å². The Labute approximate surface area is 209 Å². The van der Waals surface area contributed by atoms with Gasteiger partial charge in [-0.25, -0.2) is 4.79 Å². The number of aromatic nitrogens is 2. The van der Waals surface area contributed by atoms with Crippen molar-refractivity contribution >= 4 is 23.3 Å². The Kier molecular flexibility index (Phi) is 6.13. The molecule has 1 N–H and O–H groups in total. The molecule has 0 saturated carbocycles.